The van der Waals surface area contributed by atoms with Crippen molar-refractivity contribution in [1.82, 2.24) is 9.78 Å². The van der Waals surface area contributed by atoms with Gasteiger partial charge in [0.05, 0.1) is 5.69 Å². The summed E-state index contributed by atoms with van der Waals surface area (Å²) in [6.07, 6.45) is 0.337. The summed E-state index contributed by atoms with van der Waals surface area (Å²) in [6, 6.07) is 14.1. The number of amides is 1. The van der Waals surface area contributed by atoms with Gasteiger partial charge in [-0.1, -0.05) is 28.1 Å². The molecule has 0 bridgehead atoms. The van der Waals surface area contributed by atoms with Crippen molar-refractivity contribution in [2.75, 3.05) is 5.32 Å². The summed E-state index contributed by atoms with van der Waals surface area (Å²) in [5.41, 5.74) is 2.23. The molecule has 144 valence electrons. The molecule has 2 aromatic carbocycles. The van der Waals surface area contributed by atoms with Crippen LogP contribution in [0, 0.1) is 12.7 Å². The zero-order chi connectivity index (χ0) is 20.3. The largest absolute Gasteiger partial charge is 0.324 e. The van der Waals surface area contributed by atoms with Gasteiger partial charge in [-0.3, -0.25) is 9.59 Å². The number of benzene rings is 2. The van der Waals surface area contributed by atoms with E-state index in [0.717, 1.165) is 10.0 Å². The zero-order valence-electron chi connectivity index (χ0n) is 15.4. The van der Waals surface area contributed by atoms with Gasteiger partial charge in [0.2, 0.25) is 5.91 Å². The molecule has 7 heteroatoms. The predicted molar refractivity (Wildman–Crippen MR) is 110 cm³/mol. The number of hydrogen-bond acceptors (Lipinski definition) is 3. The van der Waals surface area contributed by atoms with Crippen LogP contribution in [0.3, 0.4) is 0 Å². The van der Waals surface area contributed by atoms with Crippen LogP contribution in [0.4, 0.5) is 10.1 Å². The number of anilines is 1. The molecular weight excluding hydrogens is 425 g/mol. The Hall–Kier alpha value is -2.80. The van der Waals surface area contributed by atoms with E-state index in [-0.39, 0.29) is 17.3 Å². The lowest BCUT2D eigenvalue weighted by Gasteiger charge is -2.16. The monoisotopic (exact) mass is 443 g/mol. The van der Waals surface area contributed by atoms with Gasteiger partial charge in [-0.05, 0) is 61.9 Å². The summed E-state index contributed by atoms with van der Waals surface area (Å²) in [6.45, 7) is 3.40. The van der Waals surface area contributed by atoms with Gasteiger partial charge in [-0.25, -0.2) is 9.07 Å². The van der Waals surface area contributed by atoms with Gasteiger partial charge in [-0.2, -0.15) is 5.10 Å². The Kier molecular flexibility index (Phi) is 6.04. The molecule has 0 fully saturated rings. The van der Waals surface area contributed by atoms with Gasteiger partial charge in [0.25, 0.3) is 5.56 Å². The lowest BCUT2D eigenvalue weighted by Crippen LogP contribution is -2.35. The lowest BCUT2D eigenvalue weighted by atomic mass is 10.1. The molecule has 0 radical (unpaired) electrons. The first kappa shape index (κ1) is 19.9. The molecular formula is C21H19BrFN3O2. The number of carbonyl (C=O) groups is 1. The first-order valence-electron chi connectivity index (χ1n) is 8.73. The maximum atomic E-state index is 13.1. The van der Waals surface area contributed by atoms with Crippen LogP contribution in [-0.4, -0.2) is 15.7 Å². The average Bonchev–Trinajstić information content (AvgIpc) is 2.67. The molecule has 1 aromatic heterocycles. The summed E-state index contributed by atoms with van der Waals surface area (Å²) in [7, 11) is 0. The first-order chi connectivity index (χ1) is 13.3. The molecule has 1 N–H and O–H groups in total. The van der Waals surface area contributed by atoms with E-state index < -0.39 is 6.04 Å². The van der Waals surface area contributed by atoms with E-state index in [1.54, 1.807) is 44.2 Å². The fourth-order valence-electron chi connectivity index (χ4n) is 2.81. The molecule has 1 heterocycles. The fraction of sp³-hybridized carbons (Fsp3) is 0.190. The van der Waals surface area contributed by atoms with Gasteiger partial charge in [0.15, 0.2) is 0 Å². The van der Waals surface area contributed by atoms with Crippen molar-refractivity contribution in [2.24, 2.45) is 0 Å². The minimum Gasteiger partial charge on any atom is -0.324 e. The van der Waals surface area contributed by atoms with Gasteiger partial charge in [-0.15, -0.1) is 0 Å². The van der Waals surface area contributed by atoms with E-state index in [2.05, 4.69) is 26.3 Å². The minimum absolute atomic E-state index is 0.328. The van der Waals surface area contributed by atoms with Crippen LogP contribution >= 0.6 is 15.9 Å². The fourth-order valence-corrected chi connectivity index (χ4v) is 3.07. The van der Waals surface area contributed by atoms with Crippen LogP contribution in [0.15, 0.2) is 63.9 Å². The summed E-state index contributed by atoms with van der Waals surface area (Å²) < 4.78 is 15.2. The van der Waals surface area contributed by atoms with E-state index in [1.165, 1.54) is 16.8 Å². The second-order valence-corrected chi connectivity index (χ2v) is 7.45. The minimum atomic E-state index is -0.789. The second-order valence-electron chi connectivity index (χ2n) is 6.54. The normalized spacial score (nSPS) is 11.9. The molecule has 0 aliphatic carbocycles. The molecule has 5 nitrogen and oxygen atoms in total. The topological polar surface area (TPSA) is 64.0 Å². The van der Waals surface area contributed by atoms with Crippen molar-refractivity contribution in [2.45, 2.75) is 26.3 Å². The van der Waals surface area contributed by atoms with E-state index in [0.29, 0.717) is 23.4 Å². The molecule has 0 spiro atoms. The highest BCUT2D eigenvalue weighted by molar-refractivity contribution is 9.10. The molecule has 3 aromatic rings. The predicted octanol–water partition coefficient (Wildman–Crippen LogP) is 4.24. The van der Waals surface area contributed by atoms with Crippen LogP contribution in [-0.2, 0) is 11.2 Å². The number of hydrogen-bond donors (Lipinski definition) is 1. The third-order valence-corrected chi connectivity index (χ3v) is 4.83. The Bertz CT molecular complexity index is 1050. The number of nitrogens with zero attached hydrogens (tertiary/aromatic N) is 2. The van der Waals surface area contributed by atoms with Gasteiger partial charge in [0, 0.05) is 22.1 Å². The van der Waals surface area contributed by atoms with Crippen molar-refractivity contribution >= 4 is 27.5 Å². The molecule has 1 amide bonds. The Labute approximate surface area is 170 Å². The van der Waals surface area contributed by atoms with Crippen molar-refractivity contribution in [3.05, 3.63) is 92.1 Å². The Balaban J connectivity index is 1.85. The molecule has 1 unspecified atom stereocenters. The SMILES string of the molecule is Cc1cc(Cc2ccc(F)cc2)c(=O)n(C(C)C(=O)Nc2ccc(Br)cc2)n1. The smallest absolute Gasteiger partial charge is 0.271 e. The molecule has 0 saturated heterocycles. The van der Waals surface area contributed by atoms with Crippen molar-refractivity contribution in [1.29, 1.82) is 0 Å². The molecule has 0 saturated carbocycles. The van der Waals surface area contributed by atoms with Gasteiger partial charge >= 0.3 is 0 Å². The van der Waals surface area contributed by atoms with Gasteiger partial charge < -0.3 is 5.32 Å². The molecule has 0 aliphatic rings. The highest BCUT2D eigenvalue weighted by atomic mass is 79.9. The Morgan fingerprint density at radius 2 is 1.82 bits per heavy atom. The summed E-state index contributed by atoms with van der Waals surface area (Å²) in [5, 5.41) is 7.03. The first-order valence-corrected chi connectivity index (χ1v) is 9.53. The highest BCUT2D eigenvalue weighted by Crippen LogP contribution is 2.16. The van der Waals surface area contributed by atoms with E-state index >= 15 is 0 Å². The van der Waals surface area contributed by atoms with Crippen LogP contribution in [0.25, 0.3) is 0 Å². The third-order valence-electron chi connectivity index (χ3n) is 4.30. The van der Waals surface area contributed by atoms with Crippen molar-refractivity contribution in [3.8, 4) is 0 Å². The molecule has 1 atom stereocenters. The Morgan fingerprint density at radius 3 is 2.46 bits per heavy atom. The lowest BCUT2D eigenvalue weighted by molar-refractivity contribution is -0.119. The van der Waals surface area contributed by atoms with Crippen molar-refractivity contribution < 1.29 is 9.18 Å². The summed E-state index contributed by atoms with van der Waals surface area (Å²) >= 11 is 3.34. The number of aromatic nitrogens is 2. The number of aryl methyl sites for hydroxylation is 1. The second kappa shape index (κ2) is 8.48. The Morgan fingerprint density at radius 1 is 1.18 bits per heavy atom. The van der Waals surface area contributed by atoms with E-state index in [9.17, 15) is 14.0 Å². The number of carbonyl (C=O) groups excluding carboxylic acids is 1. The third kappa shape index (κ3) is 4.72. The van der Waals surface area contributed by atoms with Crippen molar-refractivity contribution in [3.63, 3.8) is 0 Å². The maximum absolute atomic E-state index is 13.1. The summed E-state index contributed by atoms with van der Waals surface area (Å²) in [4.78, 5) is 25.5. The highest BCUT2D eigenvalue weighted by Gasteiger charge is 2.20. The van der Waals surface area contributed by atoms with Crippen LogP contribution in [0.2, 0.25) is 0 Å². The van der Waals surface area contributed by atoms with E-state index in [4.69, 9.17) is 0 Å². The van der Waals surface area contributed by atoms with Gasteiger partial charge in [0.1, 0.15) is 11.9 Å². The van der Waals surface area contributed by atoms with Crippen LogP contribution in [0.5, 0.6) is 0 Å². The zero-order valence-corrected chi connectivity index (χ0v) is 17.0. The molecule has 0 aliphatic heterocycles. The number of rotatable bonds is 5. The number of nitrogens with one attached hydrogen (secondary N) is 1. The van der Waals surface area contributed by atoms with E-state index in [1.807, 2.05) is 12.1 Å². The number of halogens is 2. The summed E-state index contributed by atoms with van der Waals surface area (Å²) in [5.74, 6) is -0.666. The standard InChI is InChI=1S/C21H19BrFN3O2/c1-13-11-16(12-15-3-7-18(23)8-4-15)21(28)26(25-13)14(2)20(27)24-19-9-5-17(22)6-10-19/h3-11,14H,12H2,1-2H3,(H,24,27). The molecule has 3 rings (SSSR count). The van der Waals surface area contributed by atoms with Crippen LogP contribution < -0.4 is 10.9 Å². The average molecular weight is 444 g/mol. The molecule has 28 heavy (non-hydrogen) atoms. The van der Waals surface area contributed by atoms with Crippen LogP contribution in [0.1, 0.15) is 29.8 Å². The quantitative estimate of drug-likeness (QED) is 0.640. The maximum Gasteiger partial charge on any atom is 0.271 e.